The number of benzene rings is 1. The van der Waals surface area contributed by atoms with Gasteiger partial charge in [0, 0.05) is 37.6 Å². The molecule has 1 atom stereocenters. The van der Waals surface area contributed by atoms with E-state index < -0.39 is 10.0 Å². The number of piperazine rings is 1. The maximum absolute atomic E-state index is 12.4. The minimum atomic E-state index is -3.43. The smallest absolute Gasteiger partial charge is 0.236 e. The zero-order valence-electron chi connectivity index (χ0n) is 15.6. The van der Waals surface area contributed by atoms with Gasteiger partial charge in [-0.05, 0) is 25.0 Å². The molecule has 1 heterocycles. The lowest BCUT2D eigenvalue weighted by molar-refractivity contribution is -0.123. The van der Waals surface area contributed by atoms with Gasteiger partial charge in [0.05, 0.1) is 6.54 Å². The summed E-state index contributed by atoms with van der Waals surface area (Å²) in [5.41, 5.74) is 0.854. The van der Waals surface area contributed by atoms with Crippen LogP contribution in [0.25, 0.3) is 6.08 Å². The quantitative estimate of drug-likeness (QED) is 0.749. The third-order valence-corrected chi connectivity index (χ3v) is 5.98. The van der Waals surface area contributed by atoms with Gasteiger partial charge in [0.25, 0.3) is 0 Å². The van der Waals surface area contributed by atoms with Crippen LogP contribution < -0.4 is 5.32 Å². The molecule has 1 aromatic rings. The Bertz CT molecular complexity index is 696. The van der Waals surface area contributed by atoms with Gasteiger partial charge in [-0.15, -0.1) is 0 Å². The van der Waals surface area contributed by atoms with Crippen molar-refractivity contribution in [2.75, 3.05) is 32.7 Å². The van der Waals surface area contributed by atoms with E-state index in [-0.39, 0.29) is 11.9 Å². The van der Waals surface area contributed by atoms with Crippen molar-refractivity contribution in [2.45, 2.75) is 32.7 Å². The zero-order chi connectivity index (χ0) is 19.0. The Morgan fingerprint density at radius 3 is 2.46 bits per heavy atom. The number of hydrogen-bond acceptors (Lipinski definition) is 4. The molecule has 0 unspecified atom stereocenters. The second kappa shape index (κ2) is 9.85. The number of hydrogen-bond donors (Lipinski definition) is 1. The average molecular weight is 380 g/mol. The van der Waals surface area contributed by atoms with Crippen molar-refractivity contribution < 1.29 is 13.2 Å². The Balaban J connectivity index is 1.81. The van der Waals surface area contributed by atoms with Crippen LogP contribution in [0.15, 0.2) is 35.7 Å². The Labute approximate surface area is 156 Å². The number of amides is 1. The van der Waals surface area contributed by atoms with Gasteiger partial charge in [0.2, 0.25) is 15.9 Å². The molecule has 1 saturated heterocycles. The van der Waals surface area contributed by atoms with Crippen LogP contribution in [0.1, 0.15) is 32.3 Å². The molecule has 0 bridgehead atoms. The van der Waals surface area contributed by atoms with Crippen molar-refractivity contribution in [2.24, 2.45) is 0 Å². The van der Waals surface area contributed by atoms with Gasteiger partial charge in [-0.3, -0.25) is 9.69 Å². The van der Waals surface area contributed by atoms with Crippen LogP contribution in [0.4, 0.5) is 0 Å². The summed E-state index contributed by atoms with van der Waals surface area (Å²) in [6.45, 7) is 6.35. The first-order valence-corrected chi connectivity index (χ1v) is 10.7. The van der Waals surface area contributed by atoms with E-state index in [0.717, 1.165) is 18.4 Å². The topological polar surface area (TPSA) is 69.7 Å². The number of rotatable bonds is 8. The largest absolute Gasteiger partial charge is 0.353 e. The third kappa shape index (κ3) is 6.55. The first-order chi connectivity index (χ1) is 12.4. The molecule has 0 aliphatic carbocycles. The molecule has 1 aliphatic rings. The predicted molar refractivity (Wildman–Crippen MR) is 105 cm³/mol. The maximum Gasteiger partial charge on any atom is 0.236 e. The van der Waals surface area contributed by atoms with E-state index in [0.29, 0.717) is 32.7 Å². The van der Waals surface area contributed by atoms with Crippen LogP contribution in [0, 0.1) is 0 Å². The van der Waals surface area contributed by atoms with E-state index in [1.165, 1.54) is 9.71 Å². The monoisotopic (exact) mass is 379 g/mol. The van der Waals surface area contributed by atoms with Crippen molar-refractivity contribution in [1.29, 1.82) is 0 Å². The van der Waals surface area contributed by atoms with Gasteiger partial charge in [0.1, 0.15) is 0 Å². The van der Waals surface area contributed by atoms with Gasteiger partial charge in [-0.2, -0.15) is 4.31 Å². The van der Waals surface area contributed by atoms with Gasteiger partial charge in [-0.25, -0.2) is 8.42 Å². The molecule has 1 fully saturated rings. The fourth-order valence-corrected chi connectivity index (χ4v) is 4.16. The molecule has 1 amide bonds. The number of nitrogens with one attached hydrogen (secondary N) is 1. The number of nitrogens with zero attached hydrogens (tertiary/aromatic N) is 2. The van der Waals surface area contributed by atoms with Crippen LogP contribution in [0.2, 0.25) is 0 Å². The summed E-state index contributed by atoms with van der Waals surface area (Å²) in [4.78, 5) is 14.0. The predicted octanol–water partition coefficient (Wildman–Crippen LogP) is 1.91. The third-order valence-electron chi connectivity index (χ3n) is 4.42. The minimum Gasteiger partial charge on any atom is -0.353 e. The van der Waals surface area contributed by atoms with E-state index in [1.54, 1.807) is 6.08 Å². The lowest BCUT2D eigenvalue weighted by Crippen LogP contribution is -2.51. The lowest BCUT2D eigenvalue weighted by atomic mass is 10.2. The van der Waals surface area contributed by atoms with E-state index >= 15 is 0 Å². The molecule has 144 valence electrons. The van der Waals surface area contributed by atoms with E-state index in [4.69, 9.17) is 0 Å². The highest BCUT2D eigenvalue weighted by Crippen LogP contribution is 2.11. The molecule has 0 saturated carbocycles. The lowest BCUT2D eigenvalue weighted by Gasteiger charge is -2.33. The Hall–Kier alpha value is -1.70. The molecule has 6 nitrogen and oxygen atoms in total. The molecule has 26 heavy (non-hydrogen) atoms. The highest BCUT2D eigenvalue weighted by atomic mass is 32.2. The van der Waals surface area contributed by atoms with Crippen LogP contribution in [0.5, 0.6) is 0 Å². The fourth-order valence-electron chi connectivity index (χ4n) is 2.99. The molecule has 0 aromatic heterocycles. The van der Waals surface area contributed by atoms with E-state index in [2.05, 4.69) is 12.2 Å². The summed E-state index contributed by atoms with van der Waals surface area (Å²) in [6.07, 6.45) is 3.62. The molecule has 1 aromatic carbocycles. The van der Waals surface area contributed by atoms with Gasteiger partial charge >= 0.3 is 0 Å². The van der Waals surface area contributed by atoms with E-state index in [9.17, 15) is 13.2 Å². The Morgan fingerprint density at radius 1 is 1.19 bits per heavy atom. The second-order valence-corrected chi connectivity index (χ2v) is 8.51. The fraction of sp³-hybridized carbons (Fsp3) is 0.526. The standard InChI is InChI=1S/C19H29N3O3S/c1-3-7-17(2)20-19(23)16-21-11-13-22(14-12-21)26(24,25)15-10-18-8-5-4-6-9-18/h4-6,8-10,15,17H,3,7,11-14,16H2,1-2H3,(H,20,23)/b15-10+/t17-/m1/s1. The molecule has 2 rings (SSSR count). The van der Waals surface area contributed by atoms with Crippen molar-refractivity contribution in [3.8, 4) is 0 Å². The molecule has 0 radical (unpaired) electrons. The van der Waals surface area contributed by atoms with Crippen LogP contribution in [-0.4, -0.2) is 62.3 Å². The molecular weight excluding hydrogens is 350 g/mol. The molecule has 1 N–H and O–H groups in total. The normalized spacial score (nSPS) is 18.1. The summed E-state index contributed by atoms with van der Waals surface area (Å²) < 4.78 is 26.4. The average Bonchev–Trinajstić information content (AvgIpc) is 2.61. The van der Waals surface area contributed by atoms with Crippen LogP contribution >= 0.6 is 0 Å². The minimum absolute atomic E-state index is 0.00577. The number of sulfonamides is 1. The van der Waals surface area contributed by atoms with Crippen LogP contribution in [0.3, 0.4) is 0 Å². The van der Waals surface area contributed by atoms with Crippen molar-refractivity contribution in [3.63, 3.8) is 0 Å². The Morgan fingerprint density at radius 2 is 1.85 bits per heavy atom. The first kappa shape index (κ1) is 20.6. The van der Waals surface area contributed by atoms with Crippen molar-refractivity contribution in [3.05, 3.63) is 41.3 Å². The summed E-state index contributed by atoms with van der Waals surface area (Å²) >= 11 is 0. The SMILES string of the molecule is CCC[C@@H](C)NC(=O)CN1CCN(S(=O)(=O)/C=C/c2ccccc2)CC1. The summed E-state index contributed by atoms with van der Waals surface area (Å²) in [7, 11) is -3.43. The number of carbonyl (C=O) groups excluding carboxylic acids is 1. The van der Waals surface area contributed by atoms with Crippen molar-refractivity contribution >= 4 is 22.0 Å². The highest BCUT2D eigenvalue weighted by molar-refractivity contribution is 7.92. The molecular formula is C19H29N3O3S. The Kier molecular flexibility index (Phi) is 7.81. The zero-order valence-corrected chi connectivity index (χ0v) is 16.4. The highest BCUT2D eigenvalue weighted by Gasteiger charge is 2.26. The summed E-state index contributed by atoms with van der Waals surface area (Å²) in [6, 6.07) is 9.54. The first-order valence-electron chi connectivity index (χ1n) is 9.15. The van der Waals surface area contributed by atoms with Crippen LogP contribution in [-0.2, 0) is 14.8 Å². The van der Waals surface area contributed by atoms with Gasteiger partial charge in [0.15, 0.2) is 0 Å². The van der Waals surface area contributed by atoms with Gasteiger partial charge in [-0.1, -0.05) is 43.7 Å². The van der Waals surface area contributed by atoms with E-state index in [1.807, 2.05) is 42.2 Å². The summed E-state index contributed by atoms with van der Waals surface area (Å²) in [5.74, 6) is 0.00577. The molecule has 7 heteroatoms. The molecule has 1 aliphatic heterocycles. The van der Waals surface area contributed by atoms with Crippen molar-refractivity contribution in [1.82, 2.24) is 14.5 Å². The second-order valence-electron chi connectivity index (χ2n) is 6.69. The molecule has 0 spiro atoms. The summed E-state index contributed by atoms with van der Waals surface area (Å²) in [5, 5.41) is 4.25. The maximum atomic E-state index is 12.4. The number of carbonyl (C=O) groups is 1. The van der Waals surface area contributed by atoms with Gasteiger partial charge < -0.3 is 5.32 Å².